The summed E-state index contributed by atoms with van der Waals surface area (Å²) in [5.41, 5.74) is 2.30. The van der Waals surface area contributed by atoms with Crippen molar-refractivity contribution in [1.82, 2.24) is 4.90 Å². The van der Waals surface area contributed by atoms with Gasteiger partial charge in [0, 0.05) is 44.7 Å². The summed E-state index contributed by atoms with van der Waals surface area (Å²) in [5.74, 6) is -1.68. The van der Waals surface area contributed by atoms with Crippen LogP contribution in [0.4, 0.5) is 17.1 Å². The van der Waals surface area contributed by atoms with Crippen LogP contribution < -0.4 is 10.2 Å². The molecule has 0 saturated heterocycles. The van der Waals surface area contributed by atoms with Crippen molar-refractivity contribution in [3.05, 3.63) is 52.0 Å². The Balaban J connectivity index is 2.13. The molecule has 0 aliphatic carbocycles. The molecule has 172 valence electrons. The summed E-state index contributed by atoms with van der Waals surface area (Å²) in [6.07, 6.45) is -0.0494. The van der Waals surface area contributed by atoms with Crippen LogP contribution in [0.3, 0.4) is 0 Å². The number of aliphatic imine (C=N–C) groups is 2. The van der Waals surface area contributed by atoms with Crippen molar-refractivity contribution in [1.29, 1.82) is 0 Å². The second-order valence-corrected chi connectivity index (χ2v) is 8.53. The first kappa shape index (κ1) is 24.4. The first-order chi connectivity index (χ1) is 15.6. The number of aryl methyl sites for hydroxylation is 1. The summed E-state index contributed by atoms with van der Waals surface area (Å²) in [7, 11) is 5.28. The van der Waals surface area contributed by atoms with Gasteiger partial charge in [-0.3, -0.25) is 19.3 Å². The second-order valence-electron chi connectivity index (χ2n) is 7.69. The van der Waals surface area contributed by atoms with E-state index in [1.807, 2.05) is 38.1 Å². The van der Waals surface area contributed by atoms with E-state index in [2.05, 4.69) is 15.3 Å². The van der Waals surface area contributed by atoms with Crippen LogP contribution in [0, 0.1) is 6.92 Å². The van der Waals surface area contributed by atoms with Crippen LogP contribution >= 0.6 is 23.2 Å². The molecule has 1 aliphatic heterocycles. The Hall–Kier alpha value is -3.23. The first-order valence-electron chi connectivity index (χ1n) is 10.1. The minimum Gasteiger partial charge on any atom is -0.378 e. The molecular weight excluding hydrogens is 465 g/mol. The van der Waals surface area contributed by atoms with E-state index in [1.54, 1.807) is 18.2 Å². The van der Waals surface area contributed by atoms with Crippen molar-refractivity contribution < 1.29 is 14.4 Å². The third-order valence-corrected chi connectivity index (χ3v) is 5.57. The average Bonchev–Trinajstić information content (AvgIpc) is 2.88. The molecule has 8 nitrogen and oxygen atoms in total. The number of amidine groups is 1. The summed E-state index contributed by atoms with van der Waals surface area (Å²) >= 11 is 12.2. The van der Waals surface area contributed by atoms with Crippen LogP contribution in [0.15, 0.2) is 46.4 Å². The van der Waals surface area contributed by atoms with E-state index >= 15 is 0 Å². The number of carbonyl (C=O) groups excluding carboxylic acids is 3. The van der Waals surface area contributed by atoms with Crippen LogP contribution in [0.5, 0.6) is 0 Å². The smallest absolute Gasteiger partial charge is 0.278 e. The van der Waals surface area contributed by atoms with Gasteiger partial charge in [-0.05, 0) is 48.9 Å². The summed E-state index contributed by atoms with van der Waals surface area (Å²) in [6.45, 7) is 1.85. The van der Waals surface area contributed by atoms with Crippen molar-refractivity contribution in [3.8, 4) is 0 Å². The molecule has 2 aromatic rings. The maximum absolute atomic E-state index is 13.4. The van der Waals surface area contributed by atoms with Gasteiger partial charge in [0.15, 0.2) is 11.5 Å². The van der Waals surface area contributed by atoms with Crippen molar-refractivity contribution in [2.45, 2.75) is 19.8 Å². The van der Waals surface area contributed by atoms with Gasteiger partial charge in [-0.25, -0.2) is 4.99 Å². The minimum atomic E-state index is -0.691. The second kappa shape index (κ2) is 10.1. The number of hydrogen-bond acceptors (Lipinski definition) is 5. The molecule has 0 radical (unpaired) electrons. The molecular formula is C23H23Cl2N5O3. The molecule has 1 N–H and O–H groups in total. The molecule has 0 spiro atoms. The molecule has 0 unspecified atom stereocenters. The van der Waals surface area contributed by atoms with Gasteiger partial charge in [0.1, 0.15) is 0 Å². The quantitative estimate of drug-likeness (QED) is 0.637. The number of amides is 3. The van der Waals surface area contributed by atoms with Crippen molar-refractivity contribution in [2.24, 2.45) is 9.98 Å². The van der Waals surface area contributed by atoms with Crippen LogP contribution in [-0.2, 0) is 14.4 Å². The van der Waals surface area contributed by atoms with E-state index in [-0.39, 0.29) is 41.0 Å². The Kier molecular flexibility index (Phi) is 7.50. The Morgan fingerprint density at radius 1 is 1.12 bits per heavy atom. The van der Waals surface area contributed by atoms with E-state index in [0.717, 1.165) is 11.3 Å². The van der Waals surface area contributed by atoms with Gasteiger partial charge < -0.3 is 10.2 Å². The molecule has 0 atom stereocenters. The number of rotatable bonds is 5. The van der Waals surface area contributed by atoms with Gasteiger partial charge in [-0.1, -0.05) is 23.2 Å². The van der Waals surface area contributed by atoms with E-state index in [1.165, 1.54) is 18.0 Å². The lowest BCUT2D eigenvalue weighted by atomic mass is 10.1. The molecule has 10 heteroatoms. The zero-order chi connectivity index (χ0) is 24.3. The Morgan fingerprint density at radius 3 is 2.52 bits per heavy atom. The fraction of sp³-hybridized carbons (Fsp3) is 0.261. The van der Waals surface area contributed by atoms with Gasteiger partial charge in [0.05, 0.1) is 16.4 Å². The number of halogens is 2. The number of anilines is 2. The molecule has 3 rings (SSSR count). The summed E-state index contributed by atoms with van der Waals surface area (Å²) < 4.78 is 0. The Labute approximate surface area is 201 Å². The molecule has 0 saturated carbocycles. The van der Waals surface area contributed by atoms with E-state index in [9.17, 15) is 14.4 Å². The number of nitrogens with zero attached hydrogens (tertiary/aromatic N) is 4. The largest absolute Gasteiger partial charge is 0.378 e. The van der Waals surface area contributed by atoms with Crippen LogP contribution in [0.2, 0.25) is 10.0 Å². The highest BCUT2D eigenvalue weighted by atomic mass is 35.5. The zero-order valence-electron chi connectivity index (χ0n) is 18.6. The number of carbonyl (C=O) groups is 3. The fourth-order valence-corrected chi connectivity index (χ4v) is 3.44. The summed E-state index contributed by atoms with van der Waals surface area (Å²) in [5, 5.41) is 3.30. The lowest BCUT2D eigenvalue weighted by Gasteiger charge is -2.19. The molecule has 0 aromatic heterocycles. The highest BCUT2D eigenvalue weighted by Crippen LogP contribution is 2.27. The lowest BCUT2D eigenvalue weighted by molar-refractivity contribution is -0.127. The molecule has 33 heavy (non-hydrogen) atoms. The van der Waals surface area contributed by atoms with Gasteiger partial charge in [0.2, 0.25) is 11.8 Å². The predicted octanol–water partition coefficient (Wildman–Crippen LogP) is 4.26. The molecule has 1 heterocycles. The van der Waals surface area contributed by atoms with Crippen molar-refractivity contribution >= 4 is 69.5 Å². The SMILES string of the molecule is Cc1cc(N(C)C)ccc1/N=C(\C(=O)Nc1cc(Cl)ccc1Cl)C1=NC(=O)CCC(=O)N1C. The summed E-state index contributed by atoms with van der Waals surface area (Å²) in [6, 6.07) is 10.1. The zero-order valence-corrected chi connectivity index (χ0v) is 20.2. The van der Waals surface area contributed by atoms with Crippen molar-refractivity contribution in [2.75, 3.05) is 31.4 Å². The highest BCUT2D eigenvalue weighted by molar-refractivity contribution is 6.70. The van der Waals surface area contributed by atoms with Crippen LogP contribution in [-0.4, -0.2) is 55.3 Å². The topological polar surface area (TPSA) is 94.4 Å². The van der Waals surface area contributed by atoms with Gasteiger partial charge in [-0.15, -0.1) is 0 Å². The predicted molar refractivity (Wildman–Crippen MR) is 132 cm³/mol. The molecule has 3 amide bonds. The third kappa shape index (κ3) is 5.77. The number of nitrogens with one attached hydrogen (secondary N) is 1. The monoisotopic (exact) mass is 487 g/mol. The van der Waals surface area contributed by atoms with E-state index < -0.39 is 11.8 Å². The fourth-order valence-electron chi connectivity index (χ4n) is 3.10. The van der Waals surface area contributed by atoms with Gasteiger partial charge >= 0.3 is 0 Å². The Bertz CT molecular complexity index is 1190. The van der Waals surface area contributed by atoms with Gasteiger partial charge in [0.25, 0.3) is 5.91 Å². The standard InChI is InChI=1S/C23H23Cl2N5O3/c1-13-11-15(29(2)3)6-8-17(13)26-21(22-28-19(31)9-10-20(32)30(22)4)23(33)27-18-12-14(24)5-7-16(18)25/h5-8,11-12H,9-10H2,1-4H3,(H,27,33)/b26-21-. The number of hydrogen-bond donors (Lipinski definition) is 1. The number of benzene rings is 2. The minimum absolute atomic E-state index is 0.00604. The normalized spacial score (nSPS) is 14.7. The van der Waals surface area contributed by atoms with Crippen LogP contribution in [0.1, 0.15) is 18.4 Å². The maximum atomic E-state index is 13.4. The third-order valence-electron chi connectivity index (χ3n) is 5.01. The highest BCUT2D eigenvalue weighted by Gasteiger charge is 2.30. The molecule has 2 aromatic carbocycles. The molecule has 0 fully saturated rings. The van der Waals surface area contributed by atoms with Crippen LogP contribution in [0.25, 0.3) is 0 Å². The van der Waals surface area contributed by atoms with E-state index in [4.69, 9.17) is 23.2 Å². The molecule has 1 aliphatic rings. The van der Waals surface area contributed by atoms with Crippen molar-refractivity contribution in [3.63, 3.8) is 0 Å². The summed E-state index contributed by atoms with van der Waals surface area (Å²) in [4.78, 5) is 49.7. The molecule has 0 bridgehead atoms. The lowest BCUT2D eigenvalue weighted by Crippen LogP contribution is -2.42. The average molecular weight is 488 g/mol. The first-order valence-corrected chi connectivity index (χ1v) is 10.8. The van der Waals surface area contributed by atoms with E-state index in [0.29, 0.717) is 10.7 Å². The Morgan fingerprint density at radius 2 is 1.85 bits per heavy atom. The maximum Gasteiger partial charge on any atom is 0.278 e. The van der Waals surface area contributed by atoms with Gasteiger partial charge in [-0.2, -0.15) is 4.99 Å².